The summed E-state index contributed by atoms with van der Waals surface area (Å²) < 4.78 is 6.28. The summed E-state index contributed by atoms with van der Waals surface area (Å²) >= 11 is 0. The van der Waals surface area contributed by atoms with Crippen LogP contribution < -0.4 is 10.5 Å². The summed E-state index contributed by atoms with van der Waals surface area (Å²) in [5.41, 5.74) is 0.553. The van der Waals surface area contributed by atoms with Crippen LogP contribution in [0.15, 0.2) is 17.1 Å². The normalized spacial score (nSPS) is 11.9. The number of hydrogen-bond donors (Lipinski definition) is 0. The second-order valence-electron chi connectivity index (χ2n) is 4.18. The predicted octanol–water partition coefficient (Wildman–Crippen LogP) is 0.486. The monoisotopic (exact) mass is 250 g/mol. The van der Waals surface area contributed by atoms with Gasteiger partial charge in [-0.3, -0.25) is 4.79 Å². The SMILES string of the molecule is COCCN(C)c1cnn(CC(C)C#N)c(=O)c1. The van der Waals surface area contributed by atoms with Gasteiger partial charge in [0.2, 0.25) is 0 Å². The minimum atomic E-state index is -0.229. The molecule has 1 aromatic heterocycles. The molecule has 0 bridgehead atoms. The van der Waals surface area contributed by atoms with Gasteiger partial charge in [-0.25, -0.2) is 4.68 Å². The molecule has 0 saturated carbocycles. The number of nitrogens with zero attached hydrogens (tertiary/aromatic N) is 4. The molecule has 0 fully saturated rings. The fraction of sp³-hybridized carbons (Fsp3) is 0.583. The smallest absolute Gasteiger partial charge is 0.268 e. The van der Waals surface area contributed by atoms with E-state index >= 15 is 0 Å². The van der Waals surface area contributed by atoms with Crippen molar-refractivity contribution in [3.8, 4) is 6.07 Å². The van der Waals surface area contributed by atoms with Gasteiger partial charge in [0, 0.05) is 26.8 Å². The number of anilines is 1. The molecule has 0 aromatic carbocycles. The molecule has 0 aliphatic rings. The molecule has 6 nitrogen and oxygen atoms in total. The third-order valence-electron chi connectivity index (χ3n) is 2.59. The van der Waals surface area contributed by atoms with Crippen molar-refractivity contribution in [2.45, 2.75) is 13.5 Å². The molecular weight excluding hydrogens is 232 g/mol. The standard InChI is InChI=1S/C12H18N4O2/c1-10(7-13)9-16-12(17)6-11(8-14-16)15(2)4-5-18-3/h6,8,10H,4-5,9H2,1-3H3. The van der Waals surface area contributed by atoms with Gasteiger partial charge in [-0.15, -0.1) is 0 Å². The summed E-state index contributed by atoms with van der Waals surface area (Å²) in [4.78, 5) is 13.7. The molecule has 6 heteroatoms. The molecule has 0 aliphatic heterocycles. The van der Waals surface area contributed by atoms with Gasteiger partial charge in [-0.2, -0.15) is 10.4 Å². The van der Waals surface area contributed by atoms with Crippen molar-refractivity contribution < 1.29 is 4.74 Å². The van der Waals surface area contributed by atoms with Crippen molar-refractivity contribution in [1.29, 1.82) is 5.26 Å². The molecule has 0 amide bonds. The van der Waals surface area contributed by atoms with Gasteiger partial charge in [0.05, 0.1) is 37.0 Å². The molecule has 1 aromatic rings. The van der Waals surface area contributed by atoms with Crippen LogP contribution in [0.1, 0.15) is 6.92 Å². The van der Waals surface area contributed by atoms with Gasteiger partial charge >= 0.3 is 0 Å². The number of methoxy groups -OCH3 is 1. The zero-order chi connectivity index (χ0) is 13.5. The average molecular weight is 250 g/mol. The number of rotatable bonds is 6. The largest absolute Gasteiger partial charge is 0.383 e. The first-order valence-corrected chi connectivity index (χ1v) is 5.75. The van der Waals surface area contributed by atoms with Crippen LogP contribution in [0, 0.1) is 17.2 Å². The Morgan fingerprint density at radius 3 is 2.94 bits per heavy atom. The van der Waals surface area contributed by atoms with Crippen LogP contribution in [0.5, 0.6) is 0 Å². The van der Waals surface area contributed by atoms with E-state index in [0.29, 0.717) is 19.7 Å². The summed E-state index contributed by atoms with van der Waals surface area (Å²) in [6, 6.07) is 3.60. The van der Waals surface area contributed by atoms with E-state index in [0.717, 1.165) is 5.69 Å². The van der Waals surface area contributed by atoms with E-state index in [4.69, 9.17) is 10.00 Å². The molecule has 1 atom stereocenters. The Kier molecular flexibility index (Phi) is 5.33. The van der Waals surface area contributed by atoms with Crippen molar-refractivity contribution in [2.24, 2.45) is 5.92 Å². The second-order valence-corrected chi connectivity index (χ2v) is 4.18. The van der Waals surface area contributed by atoms with Crippen LogP contribution in [0.3, 0.4) is 0 Å². The van der Waals surface area contributed by atoms with Gasteiger partial charge in [-0.1, -0.05) is 0 Å². The summed E-state index contributed by atoms with van der Waals surface area (Å²) in [5, 5.41) is 12.8. The van der Waals surface area contributed by atoms with Crippen molar-refractivity contribution in [1.82, 2.24) is 9.78 Å². The van der Waals surface area contributed by atoms with Gasteiger partial charge in [0.1, 0.15) is 0 Å². The second kappa shape index (κ2) is 6.77. The van der Waals surface area contributed by atoms with Gasteiger partial charge in [0.15, 0.2) is 0 Å². The summed E-state index contributed by atoms with van der Waals surface area (Å²) in [6.07, 6.45) is 1.63. The predicted molar refractivity (Wildman–Crippen MR) is 68.4 cm³/mol. The van der Waals surface area contributed by atoms with Crippen LogP contribution in [0.2, 0.25) is 0 Å². The molecule has 0 radical (unpaired) electrons. The van der Waals surface area contributed by atoms with E-state index in [9.17, 15) is 4.79 Å². The highest BCUT2D eigenvalue weighted by molar-refractivity contribution is 5.41. The van der Waals surface area contributed by atoms with Gasteiger partial charge in [-0.05, 0) is 6.92 Å². The number of nitriles is 1. The maximum atomic E-state index is 11.8. The maximum absolute atomic E-state index is 11.8. The molecule has 0 spiro atoms. The fourth-order valence-electron chi connectivity index (χ4n) is 1.43. The highest BCUT2D eigenvalue weighted by Gasteiger charge is 2.07. The Labute approximate surface area is 106 Å². The topological polar surface area (TPSA) is 71.2 Å². The molecule has 0 N–H and O–H groups in total. The quantitative estimate of drug-likeness (QED) is 0.734. The first-order chi connectivity index (χ1) is 8.58. The number of aromatic nitrogens is 2. The first-order valence-electron chi connectivity index (χ1n) is 5.75. The van der Waals surface area contributed by atoms with E-state index in [1.807, 2.05) is 11.9 Å². The van der Waals surface area contributed by atoms with Crippen molar-refractivity contribution in [3.63, 3.8) is 0 Å². The van der Waals surface area contributed by atoms with Crippen LogP contribution >= 0.6 is 0 Å². The molecule has 1 unspecified atom stereocenters. The molecule has 98 valence electrons. The Morgan fingerprint density at radius 2 is 2.39 bits per heavy atom. The molecule has 1 heterocycles. The number of likely N-dealkylation sites (N-methyl/N-ethyl adjacent to an activating group) is 1. The lowest BCUT2D eigenvalue weighted by molar-refractivity contribution is 0.206. The molecule has 18 heavy (non-hydrogen) atoms. The van der Waals surface area contributed by atoms with Crippen LogP contribution in [-0.4, -0.2) is 37.1 Å². The zero-order valence-corrected chi connectivity index (χ0v) is 11.0. The van der Waals surface area contributed by atoms with Crippen LogP contribution in [0.4, 0.5) is 5.69 Å². The number of hydrogen-bond acceptors (Lipinski definition) is 5. The Balaban J connectivity index is 2.79. The van der Waals surface area contributed by atoms with E-state index in [1.54, 1.807) is 20.2 Å². The van der Waals surface area contributed by atoms with E-state index in [1.165, 1.54) is 10.7 Å². The third kappa shape index (κ3) is 3.86. The summed E-state index contributed by atoms with van der Waals surface area (Å²) in [5.74, 6) is -0.229. The average Bonchev–Trinajstić information content (AvgIpc) is 2.38. The van der Waals surface area contributed by atoms with E-state index in [2.05, 4.69) is 11.2 Å². The minimum absolute atomic E-state index is 0.195. The van der Waals surface area contributed by atoms with Crippen molar-refractivity contribution in [2.75, 3.05) is 32.2 Å². The molecule has 0 saturated heterocycles. The van der Waals surface area contributed by atoms with E-state index in [-0.39, 0.29) is 11.5 Å². The highest BCUT2D eigenvalue weighted by Crippen LogP contribution is 2.06. The zero-order valence-electron chi connectivity index (χ0n) is 11.0. The fourth-order valence-corrected chi connectivity index (χ4v) is 1.43. The molecule has 0 aliphatic carbocycles. The van der Waals surface area contributed by atoms with Gasteiger partial charge < -0.3 is 9.64 Å². The van der Waals surface area contributed by atoms with Crippen LogP contribution in [0.25, 0.3) is 0 Å². The maximum Gasteiger partial charge on any atom is 0.268 e. The molecular formula is C12H18N4O2. The lowest BCUT2D eigenvalue weighted by Gasteiger charge is -2.18. The lowest BCUT2D eigenvalue weighted by Crippen LogP contribution is -2.28. The van der Waals surface area contributed by atoms with Gasteiger partial charge in [0.25, 0.3) is 5.56 Å². The summed E-state index contributed by atoms with van der Waals surface area (Å²) in [7, 11) is 3.51. The minimum Gasteiger partial charge on any atom is -0.383 e. The Hall–Kier alpha value is -1.87. The Bertz CT molecular complexity index is 478. The Morgan fingerprint density at radius 1 is 1.67 bits per heavy atom. The van der Waals surface area contributed by atoms with Crippen molar-refractivity contribution >= 4 is 5.69 Å². The first kappa shape index (κ1) is 14.2. The van der Waals surface area contributed by atoms with E-state index < -0.39 is 0 Å². The third-order valence-corrected chi connectivity index (χ3v) is 2.59. The lowest BCUT2D eigenvalue weighted by atomic mass is 10.2. The van der Waals surface area contributed by atoms with Crippen LogP contribution in [-0.2, 0) is 11.3 Å². The van der Waals surface area contributed by atoms with Crippen molar-refractivity contribution in [3.05, 3.63) is 22.6 Å². The summed E-state index contributed by atoms with van der Waals surface area (Å²) in [6.45, 7) is 3.35. The highest BCUT2D eigenvalue weighted by atomic mass is 16.5. The number of ether oxygens (including phenoxy) is 1. The molecule has 1 rings (SSSR count).